The highest BCUT2D eigenvalue weighted by molar-refractivity contribution is 6.31. The maximum Gasteiger partial charge on any atom is 0.429 e. The second kappa shape index (κ2) is 11.1. The van der Waals surface area contributed by atoms with Crippen LogP contribution in [0.2, 0.25) is 10.0 Å². The molecule has 3 aromatic rings. The van der Waals surface area contributed by atoms with E-state index in [0.29, 0.717) is 38.9 Å². The highest BCUT2D eigenvalue weighted by Gasteiger charge is 2.46. The molecule has 2 aliphatic rings. The van der Waals surface area contributed by atoms with Gasteiger partial charge >= 0.3 is 12.1 Å². The molecule has 0 amide bonds. The van der Waals surface area contributed by atoms with E-state index in [0.717, 1.165) is 18.2 Å². The van der Waals surface area contributed by atoms with Gasteiger partial charge in [-0.1, -0.05) is 29.3 Å². The van der Waals surface area contributed by atoms with Crippen LogP contribution in [0.15, 0.2) is 42.5 Å². The molecular formula is C27H25Cl2F4N5O3. The number of anilines is 2. The van der Waals surface area contributed by atoms with E-state index in [9.17, 15) is 27.5 Å². The van der Waals surface area contributed by atoms with E-state index in [-0.39, 0.29) is 43.9 Å². The lowest BCUT2D eigenvalue weighted by Gasteiger charge is -2.39. The van der Waals surface area contributed by atoms with Crippen molar-refractivity contribution in [2.75, 3.05) is 30.3 Å². The van der Waals surface area contributed by atoms with Crippen molar-refractivity contribution in [3.63, 3.8) is 0 Å². The Morgan fingerprint density at radius 1 is 1.12 bits per heavy atom. The van der Waals surface area contributed by atoms with Crippen molar-refractivity contribution >= 4 is 40.9 Å². The Morgan fingerprint density at radius 3 is 2.49 bits per heavy atom. The number of hydrogen-bond acceptors (Lipinski definition) is 7. The molecule has 2 atom stereocenters. The zero-order valence-electron chi connectivity index (χ0n) is 21.4. The van der Waals surface area contributed by atoms with Crippen LogP contribution in [0.3, 0.4) is 0 Å². The predicted octanol–water partition coefficient (Wildman–Crippen LogP) is 5.89. The summed E-state index contributed by atoms with van der Waals surface area (Å²) in [6, 6.07) is 7.82. The molecule has 41 heavy (non-hydrogen) atoms. The van der Waals surface area contributed by atoms with Crippen LogP contribution >= 0.6 is 23.2 Å². The molecule has 0 radical (unpaired) electrons. The van der Waals surface area contributed by atoms with Crippen molar-refractivity contribution in [3.8, 4) is 17.0 Å². The minimum absolute atomic E-state index is 0.00111. The van der Waals surface area contributed by atoms with Gasteiger partial charge in [-0.3, -0.25) is 4.79 Å². The highest BCUT2D eigenvalue weighted by Crippen LogP contribution is 2.44. The normalized spacial score (nSPS) is 19.4. The number of carboxylic acids is 1. The molecule has 0 aliphatic carbocycles. The third-order valence-corrected chi connectivity index (χ3v) is 7.97. The first-order chi connectivity index (χ1) is 19.3. The van der Waals surface area contributed by atoms with Crippen molar-refractivity contribution in [3.05, 3.63) is 63.9 Å². The summed E-state index contributed by atoms with van der Waals surface area (Å²) in [6.07, 6.45) is -5.59. The van der Waals surface area contributed by atoms with Gasteiger partial charge in [0.05, 0.1) is 0 Å². The fourth-order valence-corrected chi connectivity index (χ4v) is 5.87. The molecule has 8 nitrogen and oxygen atoms in total. The number of nitrogens with two attached hydrogens (primary N) is 1. The van der Waals surface area contributed by atoms with Crippen LogP contribution in [0, 0.1) is 11.2 Å². The van der Waals surface area contributed by atoms with Gasteiger partial charge in [-0.25, -0.2) is 4.39 Å². The van der Waals surface area contributed by atoms with Crippen molar-refractivity contribution in [2.45, 2.75) is 37.6 Å². The number of ether oxygens (including phenoxy) is 1. The molecule has 4 N–H and O–H groups in total. The minimum atomic E-state index is -4.91. The molecule has 0 saturated carbocycles. The number of rotatable bonds is 6. The number of carbonyl (C=O) groups is 1. The number of hydrogen-bond donors (Lipinski definition) is 3. The lowest BCUT2D eigenvalue weighted by molar-refractivity contribution is -0.198. The van der Waals surface area contributed by atoms with Gasteiger partial charge in [0.15, 0.2) is 0 Å². The summed E-state index contributed by atoms with van der Waals surface area (Å²) in [7, 11) is 0. The van der Waals surface area contributed by atoms with Crippen LogP contribution in [-0.2, 0) is 4.79 Å². The fourth-order valence-electron chi connectivity index (χ4n) is 5.48. The van der Waals surface area contributed by atoms with E-state index < -0.39 is 36.0 Å². The molecule has 1 unspecified atom stereocenters. The average Bonchev–Trinajstić information content (AvgIpc) is 3.30. The third kappa shape index (κ3) is 6.44. The monoisotopic (exact) mass is 613 g/mol. The molecule has 2 aromatic carbocycles. The lowest BCUT2D eigenvalue weighted by Crippen LogP contribution is -2.41. The van der Waals surface area contributed by atoms with Crippen LogP contribution in [0.4, 0.5) is 29.3 Å². The van der Waals surface area contributed by atoms with Gasteiger partial charge in [-0.05, 0) is 66.1 Å². The number of carboxylic acid groups (broad SMARTS) is 1. The van der Waals surface area contributed by atoms with E-state index in [2.05, 4.69) is 15.3 Å². The average molecular weight is 614 g/mol. The van der Waals surface area contributed by atoms with Gasteiger partial charge in [0.25, 0.3) is 0 Å². The Kier molecular flexibility index (Phi) is 7.92. The standard InChI is InChI=1S/C27H25Cl2F4N5O3/c28-15-1-2-18(19(10-15)14-7-16(29)9-17(30)8-14)23(27(31,32)33)41-22-11-21(36-25(34)37-22)38-5-3-26(4-6-38)12-20(24(39)40)35-13-26/h1-2,7-11,20,23,35H,3-6,12-13H2,(H,39,40)(H2,34,36,37)/t20-,23?/m0/s1. The zero-order valence-corrected chi connectivity index (χ0v) is 22.9. The smallest absolute Gasteiger partial charge is 0.429 e. The van der Waals surface area contributed by atoms with Gasteiger partial charge in [-0.2, -0.15) is 23.1 Å². The minimum Gasteiger partial charge on any atom is -0.480 e. The lowest BCUT2D eigenvalue weighted by atomic mass is 9.76. The number of alkyl halides is 3. The highest BCUT2D eigenvalue weighted by atomic mass is 35.5. The third-order valence-electron chi connectivity index (χ3n) is 7.52. The van der Waals surface area contributed by atoms with Crippen LogP contribution in [0.5, 0.6) is 5.88 Å². The SMILES string of the molecule is Nc1nc(OC(c2ccc(Cl)cc2-c2cc(F)cc(Cl)c2)C(F)(F)F)cc(N2CCC3(CC2)CN[C@H](C(=O)O)C3)n1. The Morgan fingerprint density at radius 2 is 1.85 bits per heavy atom. The molecule has 1 aromatic heterocycles. The Bertz CT molecular complexity index is 1450. The largest absolute Gasteiger partial charge is 0.480 e. The number of nitrogen functional groups attached to an aromatic ring is 1. The number of piperidine rings is 1. The van der Waals surface area contributed by atoms with E-state index in [4.69, 9.17) is 33.7 Å². The summed E-state index contributed by atoms with van der Waals surface area (Å²) in [6.45, 7) is 1.56. The molecule has 2 aliphatic heterocycles. The Labute approximate surface area is 242 Å². The Hall–Kier alpha value is -3.35. The second-order valence-corrected chi connectivity index (χ2v) is 11.2. The van der Waals surface area contributed by atoms with Crippen molar-refractivity contribution < 1.29 is 32.2 Å². The molecule has 0 bridgehead atoms. The van der Waals surface area contributed by atoms with Gasteiger partial charge in [0.1, 0.15) is 17.7 Å². The first-order valence-corrected chi connectivity index (χ1v) is 13.4. The van der Waals surface area contributed by atoms with Crippen molar-refractivity contribution in [1.29, 1.82) is 0 Å². The molecule has 1 spiro atoms. The topological polar surface area (TPSA) is 114 Å². The number of benzene rings is 2. The van der Waals surface area contributed by atoms with Gasteiger partial charge in [0.2, 0.25) is 17.9 Å². The molecule has 218 valence electrons. The van der Waals surface area contributed by atoms with Crippen molar-refractivity contribution in [1.82, 2.24) is 15.3 Å². The van der Waals surface area contributed by atoms with Crippen molar-refractivity contribution in [2.24, 2.45) is 5.41 Å². The summed E-state index contributed by atoms with van der Waals surface area (Å²) in [5.41, 5.74) is 5.43. The van der Waals surface area contributed by atoms with E-state index in [1.165, 1.54) is 24.3 Å². The van der Waals surface area contributed by atoms with E-state index in [1.807, 2.05) is 4.90 Å². The van der Waals surface area contributed by atoms with Crippen LogP contribution in [0.25, 0.3) is 11.1 Å². The number of halogens is 6. The quantitative estimate of drug-likeness (QED) is 0.295. The summed E-state index contributed by atoms with van der Waals surface area (Å²) in [5, 5.41) is 12.5. The summed E-state index contributed by atoms with van der Waals surface area (Å²) in [5.74, 6) is -2.01. The number of nitrogens with one attached hydrogen (secondary N) is 1. The fraction of sp³-hybridized carbons (Fsp3) is 0.370. The molecule has 2 fully saturated rings. The maximum atomic E-state index is 14.5. The zero-order chi connectivity index (χ0) is 29.5. The molecule has 5 rings (SSSR count). The summed E-state index contributed by atoms with van der Waals surface area (Å²) >= 11 is 12.1. The van der Waals surface area contributed by atoms with Gasteiger partial charge < -0.3 is 25.8 Å². The van der Waals surface area contributed by atoms with E-state index >= 15 is 0 Å². The first kappa shape index (κ1) is 29.2. The van der Waals surface area contributed by atoms with Gasteiger partial charge in [0, 0.05) is 41.3 Å². The second-order valence-electron chi connectivity index (χ2n) is 10.3. The summed E-state index contributed by atoms with van der Waals surface area (Å²) in [4.78, 5) is 21.3. The van der Waals surface area contributed by atoms with Crippen LogP contribution in [0.1, 0.15) is 30.9 Å². The van der Waals surface area contributed by atoms with Gasteiger partial charge in [-0.15, -0.1) is 0 Å². The molecule has 14 heteroatoms. The number of nitrogens with zero attached hydrogens (tertiary/aromatic N) is 3. The van der Waals surface area contributed by atoms with Crippen LogP contribution in [-0.4, -0.2) is 52.9 Å². The predicted molar refractivity (Wildman–Crippen MR) is 146 cm³/mol. The number of aliphatic carboxylic acids is 1. The molecular weight excluding hydrogens is 589 g/mol. The Balaban J connectivity index is 1.43. The van der Waals surface area contributed by atoms with Crippen LogP contribution < -0.4 is 20.7 Å². The molecule has 3 heterocycles. The van der Waals surface area contributed by atoms with E-state index in [1.54, 1.807) is 0 Å². The maximum absolute atomic E-state index is 14.5. The molecule has 2 saturated heterocycles. The summed E-state index contributed by atoms with van der Waals surface area (Å²) < 4.78 is 63.0. The first-order valence-electron chi connectivity index (χ1n) is 12.7. The number of aromatic nitrogens is 2.